The maximum atomic E-state index is 13.7. The van der Waals surface area contributed by atoms with Gasteiger partial charge in [0, 0.05) is 57.5 Å². The number of alkyl halides is 3. The zero-order valence-electron chi connectivity index (χ0n) is 23.8. The molecule has 0 radical (unpaired) electrons. The Balaban J connectivity index is 0.000000382. The van der Waals surface area contributed by atoms with Gasteiger partial charge in [0.05, 0.1) is 17.2 Å². The highest BCUT2D eigenvalue weighted by Crippen LogP contribution is 2.50. The molecule has 0 spiro atoms. The molecule has 10 heteroatoms. The molecule has 1 saturated heterocycles. The molecule has 6 rings (SSSR count). The van der Waals surface area contributed by atoms with Gasteiger partial charge >= 0.3 is 12.2 Å². The van der Waals surface area contributed by atoms with Gasteiger partial charge in [0.25, 0.3) is 0 Å². The van der Waals surface area contributed by atoms with E-state index >= 15 is 0 Å². The Labute approximate surface area is 245 Å². The van der Waals surface area contributed by atoms with E-state index in [9.17, 15) is 22.4 Å². The van der Waals surface area contributed by atoms with E-state index in [0.717, 1.165) is 69.9 Å². The average molecular weight is 586 g/mol. The van der Waals surface area contributed by atoms with Crippen LogP contribution >= 0.6 is 0 Å². The van der Waals surface area contributed by atoms with Crippen LogP contribution in [0.2, 0.25) is 0 Å². The lowest BCUT2D eigenvalue weighted by Gasteiger charge is -2.38. The number of nitrogens with one attached hydrogen (secondary N) is 1. The van der Waals surface area contributed by atoms with Crippen molar-refractivity contribution in [1.82, 2.24) is 14.7 Å². The van der Waals surface area contributed by atoms with E-state index in [2.05, 4.69) is 15.1 Å². The predicted octanol–water partition coefficient (Wildman–Crippen LogP) is 6.45. The minimum absolute atomic E-state index is 0.0301. The van der Waals surface area contributed by atoms with Crippen LogP contribution in [0.5, 0.6) is 0 Å². The molecule has 4 fully saturated rings. The van der Waals surface area contributed by atoms with Crippen molar-refractivity contribution in [1.29, 1.82) is 5.26 Å². The number of rotatable bonds is 7. The minimum Gasteiger partial charge on any atom is -0.320 e. The molecule has 0 bridgehead atoms. The quantitative estimate of drug-likeness (QED) is 0.380. The normalized spacial score (nSPS) is 24.0. The van der Waals surface area contributed by atoms with Crippen molar-refractivity contribution in [2.45, 2.75) is 50.7 Å². The van der Waals surface area contributed by atoms with Gasteiger partial charge in [-0.3, -0.25) is 4.90 Å². The first-order valence-electron chi connectivity index (χ1n) is 15.0. The molecule has 0 aromatic heterocycles. The highest BCUT2D eigenvalue weighted by Gasteiger charge is 2.44. The molecule has 3 aliphatic carbocycles. The van der Waals surface area contributed by atoms with E-state index in [4.69, 9.17) is 5.26 Å². The summed E-state index contributed by atoms with van der Waals surface area (Å²) in [5.74, 6) is 0.998. The number of fused-ring (bicyclic) bond motifs is 1. The van der Waals surface area contributed by atoms with E-state index in [1.54, 1.807) is 12.1 Å². The van der Waals surface area contributed by atoms with Crippen LogP contribution in [0.25, 0.3) is 0 Å². The molecule has 4 aliphatic rings. The van der Waals surface area contributed by atoms with E-state index < -0.39 is 23.6 Å². The van der Waals surface area contributed by atoms with Gasteiger partial charge in [-0.1, -0.05) is 18.2 Å². The fourth-order valence-corrected chi connectivity index (χ4v) is 6.20. The van der Waals surface area contributed by atoms with Crippen LogP contribution in [0, 0.1) is 34.9 Å². The van der Waals surface area contributed by atoms with Crippen molar-refractivity contribution in [2.24, 2.45) is 17.8 Å². The molecule has 2 aromatic rings. The zero-order chi connectivity index (χ0) is 29.7. The van der Waals surface area contributed by atoms with Crippen molar-refractivity contribution in [3.05, 3.63) is 65.5 Å². The number of anilines is 1. The predicted molar refractivity (Wildman–Crippen MR) is 153 cm³/mol. The van der Waals surface area contributed by atoms with Crippen molar-refractivity contribution in [3.63, 3.8) is 0 Å². The second-order valence-corrected chi connectivity index (χ2v) is 12.1. The van der Waals surface area contributed by atoms with Crippen LogP contribution in [-0.4, -0.2) is 72.6 Å². The second-order valence-electron chi connectivity index (χ2n) is 12.1. The maximum absolute atomic E-state index is 13.7. The first-order chi connectivity index (χ1) is 20.2. The summed E-state index contributed by atoms with van der Waals surface area (Å²) in [7, 11) is 0. The van der Waals surface area contributed by atoms with Gasteiger partial charge in [0.15, 0.2) is 0 Å². The van der Waals surface area contributed by atoms with Crippen LogP contribution < -0.4 is 5.32 Å². The molecule has 3 unspecified atom stereocenters. The van der Waals surface area contributed by atoms with Gasteiger partial charge in [-0.15, -0.1) is 0 Å². The van der Waals surface area contributed by atoms with Gasteiger partial charge in [-0.25, -0.2) is 9.18 Å². The summed E-state index contributed by atoms with van der Waals surface area (Å²) in [4.78, 5) is 20.0. The number of hydrogen-bond donors (Lipinski definition) is 1. The first-order valence-corrected chi connectivity index (χ1v) is 15.0. The Morgan fingerprint density at radius 2 is 1.67 bits per heavy atom. The Kier molecular flexibility index (Phi) is 9.69. The summed E-state index contributed by atoms with van der Waals surface area (Å²) >= 11 is 0. The lowest BCUT2D eigenvalue weighted by molar-refractivity contribution is -0.139. The fourth-order valence-electron chi connectivity index (χ4n) is 6.20. The molecule has 1 heterocycles. The van der Waals surface area contributed by atoms with Crippen molar-refractivity contribution in [3.8, 4) is 6.07 Å². The number of carbonyl (C=O) groups is 1. The van der Waals surface area contributed by atoms with Gasteiger partial charge in [-0.05, 0) is 86.6 Å². The number of piperazine rings is 1. The van der Waals surface area contributed by atoms with Crippen LogP contribution in [0.1, 0.15) is 49.7 Å². The smallest absolute Gasteiger partial charge is 0.320 e. The van der Waals surface area contributed by atoms with E-state index in [1.807, 2.05) is 29.2 Å². The molecule has 2 aromatic carbocycles. The summed E-state index contributed by atoms with van der Waals surface area (Å²) in [5.41, 5.74) is -0.676. The Hall–Kier alpha value is -3.16. The molecule has 1 aliphatic heterocycles. The lowest BCUT2D eigenvalue weighted by atomic mass is 9.94. The van der Waals surface area contributed by atoms with Crippen LogP contribution in [0.3, 0.4) is 0 Å². The van der Waals surface area contributed by atoms with Gasteiger partial charge < -0.3 is 15.1 Å². The fraction of sp³-hybridized carbons (Fsp3) is 0.562. The summed E-state index contributed by atoms with van der Waals surface area (Å²) in [6.07, 6.45) is 2.12. The van der Waals surface area contributed by atoms with Crippen molar-refractivity contribution < 1.29 is 22.4 Å². The zero-order valence-corrected chi connectivity index (χ0v) is 23.8. The van der Waals surface area contributed by atoms with Gasteiger partial charge in [-0.2, -0.15) is 18.4 Å². The number of nitriles is 1. The highest BCUT2D eigenvalue weighted by atomic mass is 19.4. The van der Waals surface area contributed by atoms with Crippen molar-refractivity contribution in [2.75, 3.05) is 51.1 Å². The Morgan fingerprint density at radius 3 is 2.29 bits per heavy atom. The monoisotopic (exact) mass is 585 g/mol. The maximum Gasteiger partial charge on any atom is 0.419 e. The molecular weight excluding hydrogens is 546 g/mol. The largest absolute Gasteiger partial charge is 0.419 e. The number of hydrogen-bond acceptors (Lipinski definition) is 4. The van der Waals surface area contributed by atoms with Crippen LogP contribution in [-0.2, 0) is 6.18 Å². The average Bonchev–Trinajstić information content (AvgIpc) is 3.92. The Bertz CT molecular complexity index is 1240. The van der Waals surface area contributed by atoms with E-state index in [1.165, 1.54) is 31.9 Å². The number of benzene rings is 2. The third-order valence-electron chi connectivity index (χ3n) is 8.98. The second kappa shape index (κ2) is 13.4. The molecule has 226 valence electrons. The molecule has 3 atom stereocenters. The summed E-state index contributed by atoms with van der Waals surface area (Å²) < 4.78 is 53.0. The summed E-state index contributed by atoms with van der Waals surface area (Å²) in [6.45, 7) is 6.55. The number of halogens is 4. The third kappa shape index (κ3) is 8.45. The Morgan fingerprint density at radius 1 is 0.952 bits per heavy atom. The molecule has 1 N–H and O–H groups in total. The van der Waals surface area contributed by atoms with Crippen LogP contribution in [0.15, 0.2) is 48.5 Å². The number of carbonyl (C=O) groups excluding carboxylic acids is 1. The summed E-state index contributed by atoms with van der Waals surface area (Å²) in [6, 6.07) is 13.5. The molecule has 6 nitrogen and oxygen atoms in total. The molecular formula is C32H39F4N5O. The van der Waals surface area contributed by atoms with Crippen LogP contribution in [0.4, 0.5) is 28.0 Å². The molecule has 2 amide bonds. The van der Waals surface area contributed by atoms with E-state index in [0.29, 0.717) is 24.1 Å². The van der Waals surface area contributed by atoms with E-state index in [-0.39, 0.29) is 11.7 Å². The standard InChI is InChI=1S/C25H34F4N4O.C7H5N/c26-23-6-4-20(15-22(23)25(27,28)29)30-24(34)33(21-5-3-18-13-19(18)14-21)12-11-31-7-9-32(10-8-31)16-17-1-2-17;8-6-7-4-2-1-3-5-7/h4,6,15,17-19,21H,1-3,5,7-14,16H2,(H,30,34);1-5H. The number of urea groups is 1. The minimum atomic E-state index is -4.81. The topological polar surface area (TPSA) is 62.6 Å². The number of amides is 2. The van der Waals surface area contributed by atoms with Crippen molar-refractivity contribution >= 4 is 11.7 Å². The van der Waals surface area contributed by atoms with Gasteiger partial charge in [0.1, 0.15) is 5.82 Å². The highest BCUT2D eigenvalue weighted by molar-refractivity contribution is 5.89. The third-order valence-corrected chi connectivity index (χ3v) is 8.98. The van der Waals surface area contributed by atoms with Gasteiger partial charge in [0.2, 0.25) is 0 Å². The molecule has 3 saturated carbocycles. The lowest BCUT2D eigenvalue weighted by Crippen LogP contribution is -2.51. The number of nitrogens with zero attached hydrogens (tertiary/aromatic N) is 4. The SMILES string of the molecule is N#Cc1ccccc1.O=C(Nc1ccc(F)c(C(F)(F)F)c1)N(CCN1CCN(CC2CC2)CC1)C1CCC2CC2C1. The molecule has 42 heavy (non-hydrogen) atoms. The summed E-state index contributed by atoms with van der Waals surface area (Å²) in [5, 5.41) is 10.9. The first kappa shape index (κ1) is 30.3.